The Morgan fingerprint density at radius 2 is 1.86 bits per heavy atom. The minimum Gasteiger partial charge on any atom is -0.312 e. The number of benzene rings is 1. The van der Waals surface area contributed by atoms with Crippen molar-refractivity contribution >= 4 is 17.5 Å². The quantitative estimate of drug-likeness (QED) is 0.641. The standard InChI is InChI=1S/C16H21N3OS/c1-11(21-15-18-17-10-19(15)5)14(20)12-6-8-13(9-7-12)16(2,3)4/h6-11H,1-5H3. The van der Waals surface area contributed by atoms with Gasteiger partial charge in [0.05, 0.1) is 5.25 Å². The monoisotopic (exact) mass is 303 g/mol. The Morgan fingerprint density at radius 1 is 1.24 bits per heavy atom. The minimum atomic E-state index is -0.187. The lowest BCUT2D eigenvalue weighted by Gasteiger charge is -2.19. The molecule has 1 atom stereocenters. The van der Waals surface area contributed by atoms with Gasteiger partial charge >= 0.3 is 0 Å². The van der Waals surface area contributed by atoms with Crippen LogP contribution in [0.5, 0.6) is 0 Å². The van der Waals surface area contributed by atoms with E-state index in [-0.39, 0.29) is 16.4 Å². The van der Waals surface area contributed by atoms with E-state index < -0.39 is 0 Å². The maximum Gasteiger partial charge on any atom is 0.191 e. The number of nitrogens with zero attached hydrogens (tertiary/aromatic N) is 3. The molecule has 1 aromatic heterocycles. The molecule has 0 saturated heterocycles. The number of hydrogen-bond donors (Lipinski definition) is 0. The van der Waals surface area contributed by atoms with Gasteiger partial charge in [0, 0.05) is 12.6 Å². The third-order valence-corrected chi connectivity index (χ3v) is 4.50. The number of carbonyl (C=O) groups excluding carboxylic acids is 1. The van der Waals surface area contributed by atoms with Crippen molar-refractivity contribution in [3.63, 3.8) is 0 Å². The van der Waals surface area contributed by atoms with Crippen LogP contribution in [-0.4, -0.2) is 25.8 Å². The Hall–Kier alpha value is -1.62. The van der Waals surface area contributed by atoms with E-state index in [9.17, 15) is 4.79 Å². The van der Waals surface area contributed by atoms with Crippen molar-refractivity contribution in [2.24, 2.45) is 7.05 Å². The van der Waals surface area contributed by atoms with E-state index >= 15 is 0 Å². The molecule has 0 aliphatic carbocycles. The van der Waals surface area contributed by atoms with Crippen molar-refractivity contribution in [3.8, 4) is 0 Å². The molecule has 2 rings (SSSR count). The van der Waals surface area contributed by atoms with E-state index in [1.807, 2.05) is 42.8 Å². The Balaban J connectivity index is 2.11. The Labute approximate surface area is 130 Å². The summed E-state index contributed by atoms with van der Waals surface area (Å²) in [4.78, 5) is 12.5. The minimum absolute atomic E-state index is 0.0978. The average molecular weight is 303 g/mol. The van der Waals surface area contributed by atoms with Crippen molar-refractivity contribution < 1.29 is 4.79 Å². The molecular formula is C16H21N3OS. The molecule has 0 saturated carbocycles. The van der Waals surface area contributed by atoms with Crippen LogP contribution in [0, 0.1) is 0 Å². The molecule has 0 amide bonds. The lowest BCUT2D eigenvalue weighted by Crippen LogP contribution is -2.15. The summed E-state index contributed by atoms with van der Waals surface area (Å²) in [7, 11) is 1.87. The van der Waals surface area contributed by atoms with Crippen LogP contribution in [0.2, 0.25) is 0 Å². The van der Waals surface area contributed by atoms with Crippen LogP contribution in [0.3, 0.4) is 0 Å². The molecule has 0 aliphatic heterocycles. The molecule has 0 spiro atoms. The predicted octanol–water partition coefficient (Wildman–Crippen LogP) is 3.48. The van der Waals surface area contributed by atoms with Crippen LogP contribution >= 0.6 is 11.8 Å². The summed E-state index contributed by atoms with van der Waals surface area (Å²) in [5, 5.41) is 8.39. The first-order valence-electron chi connectivity index (χ1n) is 6.94. The molecule has 0 radical (unpaired) electrons. The van der Waals surface area contributed by atoms with Crippen molar-refractivity contribution in [3.05, 3.63) is 41.7 Å². The highest BCUT2D eigenvalue weighted by molar-refractivity contribution is 8.00. The smallest absolute Gasteiger partial charge is 0.191 e. The van der Waals surface area contributed by atoms with Crippen molar-refractivity contribution in [2.75, 3.05) is 0 Å². The second-order valence-corrected chi connectivity index (χ2v) is 7.48. The van der Waals surface area contributed by atoms with Gasteiger partial charge in [0.25, 0.3) is 0 Å². The maximum absolute atomic E-state index is 12.5. The van der Waals surface area contributed by atoms with Gasteiger partial charge in [0.15, 0.2) is 10.9 Å². The summed E-state index contributed by atoms with van der Waals surface area (Å²) < 4.78 is 1.82. The van der Waals surface area contributed by atoms with E-state index in [1.54, 1.807) is 6.33 Å². The molecule has 21 heavy (non-hydrogen) atoms. The lowest BCUT2D eigenvalue weighted by molar-refractivity contribution is 0.0994. The highest BCUT2D eigenvalue weighted by Crippen LogP contribution is 2.25. The molecule has 1 heterocycles. The second kappa shape index (κ2) is 6.02. The Bertz CT molecular complexity index is 626. The zero-order valence-electron chi connectivity index (χ0n) is 13.1. The highest BCUT2D eigenvalue weighted by Gasteiger charge is 2.20. The summed E-state index contributed by atoms with van der Waals surface area (Å²) in [6, 6.07) is 7.90. The first-order chi connectivity index (χ1) is 9.79. The fourth-order valence-corrected chi connectivity index (χ4v) is 2.83. The molecule has 0 fully saturated rings. The van der Waals surface area contributed by atoms with Crippen LogP contribution in [-0.2, 0) is 12.5 Å². The molecule has 2 aromatic rings. The number of aryl methyl sites for hydroxylation is 1. The molecule has 0 aliphatic rings. The summed E-state index contributed by atoms with van der Waals surface area (Å²) >= 11 is 1.43. The number of rotatable bonds is 4. The molecule has 4 nitrogen and oxygen atoms in total. The van der Waals surface area contributed by atoms with Gasteiger partial charge < -0.3 is 4.57 Å². The Morgan fingerprint density at radius 3 is 2.33 bits per heavy atom. The van der Waals surface area contributed by atoms with E-state index in [1.165, 1.54) is 17.3 Å². The third-order valence-electron chi connectivity index (χ3n) is 3.36. The van der Waals surface area contributed by atoms with Gasteiger partial charge in [0.2, 0.25) is 0 Å². The number of Topliss-reactive ketones (excluding diaryl/α,β-unsaturated/α-hetero) is 1. The third kappa shape index (κ3) is 3.73. The Kier molecular flexibility index (Phi) is 4.52. The normalized spacial score (nSPS) is 13.2. The van der Waals surface area contributed by atoms with Gasteiger partial charge in [-0.25, -0.2) is 0 Å². The van der Waals surface area contributed by atoms with Crippen molar-refractivity contribution in [1.82, 2.24) is 14.8 Å². The summed E-state index contributed by atoms with van der Waals surface area (Å²) in [5.74, 6) is 0.114. The van der Waals surface area contributed by atoms with Gasteiger partial charge in [-0.2, -0.15) is 0 Å². The van der Waals surface area contributed by atoms with Crippen molar-refractivity contribution in [2.45, 2.75) is 43.5 Å². The number of aromatic nitrogens is 3. The SMILES string of the molecule is CC(Sc1nncn1C)C(=O)c1ccc(C(C)(C)C)cc1. The molecule has 0 N–H and O–H groups in total. The van der Waals surface area contributed by atoms with Crippen LogP contribution < -0.4 is 0 Å². The number of ketones is 1. The topological polar surface area (TPSA) is 47.8 Å². The van der Waals surface area contributed by atoms with Gasteiger partial charge in [-0.05, 0) is 17.9 Å². The van der Waals surface area contributed by atoms with Crippen LogP contribution in [0.1, 0.15) is 43.6 Å². The largest absolute Gasteiger partial charge is 0.312 e. The van der Waals surface area contributed by atoms with Gasteiger partial charge in [-0.3, -0.25) is 4.79 Å². The average Bonchev–Trinajstić information content (AvgIpc) is 2.82. The zero-order chi connectivity index (χ0) is 15.6. The predicted molar refractivity (Wildman–Crippen MR) is 85.8 cm³/mol. The zero-order valence-corrected chi connectivity index (χ0v) is 13.9. The van der Waals surface area contributed by atoms with Crippen LogP contribution in [0.25, 0.3) is 0 Å². The van der Waals surface area contributed by atoms with E-state index in [2.05, 4.69) is 31.0 Å². The summed E-state index contributed by atoms with van der Waals surface area (Å²) in [5.41, 5.74) is 2.07. The highest BCUT2D eigenvalue weighted by atomic mass is 32.2. The lowest BCUT2D eigenvalue weighted by atomic mass is 9.86. The summed E-state index contributed by atoms with van der Waals surface area (Å²) in [6.45, 7) is 8.39. The summed E-state index contributed by atoms with van der Waals surface area (Å²) in [6.07, 6.45) is 1.64. The first kappa shape index (κ1) is 15.8. The number of thioether (sulfide) groups is 1. The van der Waals surface area contributed by atoms with Gasteiger partial charge in [-0.1, -0.05) is 56.8 Å². The molecule has 0 bridgehead atoms. The van der Waals surface area contributed by atoms with Gasteiger partial charge in [-0.15, -0.1) is 10.2 Å². The van der Waals surface area contributed by atoms with Crippen LogP contribution in [0.15, 0.2) is 35.7 Å². The van der Waals surface area contributed by atoms with Gasteiger partial charge in [0.1, 0.15) is 6.33 Å². The molecule has 112 valence electrons. The van der Waals surface area contributed by atoms with E-state index in [0.29, 0.717) is 0 Å². The van der Waals surface area contributed by atoms with Crippen LogP contribution in [0.4, 0.5) is 0 Å². The maximum atomic E-state index is 12.5. The molecule has 5 heteroatoms. The molecule has 1 aromatic carbocycles. The van der Waals surface area contributed by atoms with E-state index in [4.69, 9.17) is 0 Å². The van der Waals surface area contributed by atoms with E-state index in [0.717, 1.165) is 10.7 Å². The fourth-order valence-electron chi connectivity index (χ4n) is 1.96. The fraction of sp³-hybridized carbons (Fsp3) is 0.438. The number of hydrogen-bond acceptors (Lipinski definition) is 4. The van der Waals surface area contributed by atoms with Crippen molar-refractivity contribution in [1.29, 1.82) is 0 Å². The number of carbonyl (C=O) groups is 1. The second-order valence-electron chi connectivity index (χ2n) is 6.18. The first-order valence-corrected chi connectivity index (χ1v) is 7.82. The molecule has 1 unspecified atom stereocenters. The molecular weight excluding hydrogens is 282 g/mol.